The van der Waals surface area contributed by atoms with Gasteiger partial charge in [0.2, 0.25) is 0 Å². The topological polar surface area (TPSA) is 167 Å². The Hall–Kier alpha value is -3.06. The molecule has 2 aliphatic rings. The predicted octanol–water partition coefficient (Wildman–Crippen LogP) is 0.865. The van der Waals surface area contributed by atoms with E-state index in [1.165, 1.54) is 13.1 Å². The molecule has 4 rings (SSSR count). The zero-order chi connectivity index (χ0) is 26.6. The summed E-state index contributed by atoms with van der Waals surface area (Å²) >= 11 is 0. The van der Waals surface area contributed by atoms with Crippen molar-refractivity contribution in [2.24, 2.45) is 0 Å². The Kier molecular flexibility index (Phi) is 8.12. The van der Waals surface area contributed by atoms with Crippen LogP contribution in [0.1, 0.15) is 20.1 Å². The van der Waals surface area contributed by atoms with Crippen LogP contribution >= 0.6 is 7.75 Å². The van der Waals surface area contributed by atoms with E-state index in [0.29, 0.717) is 0 Å². The highest BCUT2D eigenvalue weighted by Crippen LogP contribution is 2.49. The number of esters is 1. The molecule has 0 spiro atoms. The molecule has 0 aliphatic carbocycles. The zero-order valence-electron chi connectivity index (χ0n) is 20.1. The average Bonchev–Trinajstić information content (AvgIpc) is 3.16. The second-order valence-corrected chi connectivity index (χ2v) is 10.1. The van der Waals surface area contributed by atoms with Crippen LogP contribution in [0, 0.1) is 0 Å². The summed E-state index contributed by atoms with van der Waals surface area (Å²) in [5.74, 6) is -0.450. The highest BCUT2D eigenvalue weighted by Gasteiger charge is 2.57. The number of para-hydroxylation sites is 1. The van der Waals surface area contributed by atoms with Gasteiger partial charge in [0.15, 0.2) is 6.23 Å². The van der Waals surface area contributed by atoms with Crippen LogP contribution in [0.4, 0.5) is 0 Å². The van der Waals surface area contributed by atoms with Crippen LogP contribution in [0.2, 0.25) is 0 Å². The molecule has 2 aromatic rings. The van der Waals surface area contributed by atoms with Gasteiger partial charge >= 0.3 is 19.4 Å². The van der Waals surface area contributed by atoms with Crippen LogP contribution in [0.3, 0.4) is 0 Å². The second kappa shape index (κ2) is 11.1. The van der Waals surface area contributed by atoms with E-state index in [1.807, 2.05) is 0 Å². The van der Waals surface area contributed by atoms with Crippen molar-refractivity contribution in [3.05, 3.63) is 75.6 Å². The van der Waals surface area contributed by atoms with Crippen LogP contribution in [0.15, 0.2) is 64.3 Å². The molecule has 0 saturated carbocycles. The summed E-state index contributed by atoms with van der Waals surface area (Å²) in [6.07, 6.45) is 0.787. The molecule has 0 radical (unpaired) electrons. The van der Waals surface area contributed by atoms with E-state index in [-0.39, 0.29) is 19.0 Å². The minimum Gasteiger partial charge on any atom is -0.465 e. The molecule has 13 nitrogen and oxygen atoms in total. The first-order valence-electron chi connectivity index (χ1n) is 11.6. The normalized spacial score (nSPS) is 27.2. The third kappa shape index (κ3) is 5.93. The van der Waals surface area contributed by atoms with Crippen molar-refractivity contribution < 1.29 is 37.7 Å². The molecular formula is C23H28N3O10P. The molecule has 6 atom stereocenters. The van der Waals surface area contributed by atoms with Crippen LogP contribution < -0.4 is 20.9 Å². The molecule has 37 heavy (non-hydrogen) atoms. The number of H-pyrrole nitrogens is 1. The Bertz CT molecular complexity index is 1300. The van der Waals surface area contributed by atoms with E-state index < -0.39 is 61.7 Å². The summed E-state index contributed by atoms with van der Waals surface area (Å²) in [5, 5.41) is 13.5. The van der Waals surface area contributed by atoms with E-state index in [1.54, 1.807) is 49.4 Å². The van der Waals surface area contributed by atoms with Gasteiger partial charge in [0, 0.05) is 12.3 Å². The SMILES string of the molecule is CCOC(=O)[C@H](C)NP(=O)(OC[C@]12C=CCO[C@H]1[C@@H](O)[C@H](n1ccc(=O)[nH]c1=O)O2)Oc1ccccc1. The number of aromatic nitrogens is 2. The second-order valence-electron chi connectivity index (χ2n) is 8.41. The number of hydrogen-bond acceptors (Lipinski definition) is 10. The van der Waals surface area contributed by atoms with Crippen LogP contribution in [0.5, 0.6) is 5.75 Å². The number of nitrogens with zero attached hydrogens (tertiary/aromatic N) is 1. The summed E-state index contributed by atoms with van der Waals surface area (Å²) in [5.41, 5.74) is -2.89. The van der Waals surface area contributed by atoms with Gasteiger partial charge < -0.3 is 23.8 Å². The maximum atomic E-state index is 13.8. The number of carbonyl (C=O) groups is 1. The van der Waals surface area contributed by atoms with Gasteiger partial charge in [-0.1, -0.05) is 24.3 Å². The van der Waals surface area contributed by atoms with Crippen molar-refractivity contribution in [2.75, 3.05) is 19.8 Å². The molecule has 3 heterocycles. The van der Waals surface area contributed by atoms with Gasteiger partial charge in [-0.05, 0) is 32.1 Å². The number of ether oxygens (including phenoxy) is 3. The van der Waals surface area contributed by atoms with Crippen LogP contribution in [-0.4, -0.2) is 64.3 Å². The lowest BCUT2D eigenvalue weighted by Gasteiger charge is -2.35. The molecule has 1 aromatic heterocycles. The minimum absolute atomic E-state index is 0.125. The van der Waals surface area contributed by atoms with Gasteiger partial charge in [-0.2, -0.15) is 5.09 Å². The number of carbonyl (C=O) groups excluding carboxylic acids is 1. The number of aromatic amines is 1. The molecule has 200 valence electrons. The molecule has 1 aromatic carbocycles. The van der Waals surface area contributed by atoms with Gasteiger partial charge in [0.1, 0.15) is 29.6 Å². The highest BCUT2D eigenvalue weighted by atomic mass is 31.2. The van der Waals surface area contributed by atoms with Gasteiger partial charge in [0.25, 0.3) is 5.56 Å². The number of hydrogen-bond donors (Lipinski definition) is 3. The lowest BCUT2D eigenvalue weighted by atomic mass is 9.93. The van der Waals surface area contributed by atoms with Crippen molar-refractivity contribution >= 4 is 13.7 Å². The first-order valence-corrected chi connectivity index (χ1v) is 13.1. The summed E-state index contributed by atoms with van der Waals surface area (Å²) in [6.45, 7) is 2.91. The molecular weight excluding hydrogens is 509 g/mol. The van der Waals surface area contributed by atoms with E-state index in [9.17, 15) is 24.1 Å². The number of aliphatic hydroxyl groups is 1. The molecule has 2 aliphatic heterocycles. The number of fused-ring (bicyclic) bond motifs is 1. The van der Waals surface area contributed by atoms with E-state index in [0.717, 1.165) is 10.6 Å². The Morgan fingerprint density at radius 3 is 2.78 bits per heavy atom. The van der Waals surface area contributed by atoms with Gasteiger partial charge in [-0.25, -0.2) is 9.36 Å². The smallest absolute Gasteiger partial charge is 0.459 e. The molecule has 1 fully saturated rings. The summed E-state index contributed by atoms with van der Waals surface area (Å²) < 4.78 is 43.0. The maximum Gasteiger partial charge on any atom is 0.459 e. The fraction of sp³-hybridized carbons (Fsp3) is 0.435. The average molecular weight is 537 g/mol. The highest BCUT2D eigenvalue weighted by molar-refractivity contribution is 7.52. The van der Waals surface area contributed by atoms with Crippen molar-refractivity contribution in [3.63, 3.8) is 0 Å². The van der Waals surface area contributed by atoms with Gasteiger partial charge in [0.05, 0.1) is 19.8 Å². The number of rotatable bonds is 10. The van der Waals surface area contributed by atoms with Crippen molar-refractivity contribution in [3.8, 4) is 5.75 Å². The van der Waals surface area contributed by atoms with E-state index in [2.05, 4.69) is 10.1 Å². The van der Waals surface area contributed by atoms with E-state index >= 15 is 0 Å². The number of aliphatic hydroxyl groups excluding tert-OH is 1. The number of nitrogens with one attached hydrogen (secondary N) is 2. The lowest BCUT2D eigenvalue weighted by Crippen LogP contribution is -2.49. The zero-order valence-corrected chi connectivity index (χ0v) is 21.0. The standard InChI is InChI=1S/C23H28N3O10P/c1-3-32-21(29)15(2)25-37(31,36-16-8-5-4-6-9-16)34-14-23-11-7-13-33-19(23)18(28)20(35-23)26-12-10-17(27)24-22(26)30/h4-12,15,18-20,28H,3,13-14H2,1-2H3,(H,25,31)(H,24,27,30)/t15-,18+,19-,20+,23+,37?/m0/s1. The first kappa shape index (κ1) is 27.0. The van der Waals surface area contributed by atoms with Crippen molar-refractivity contribution in [1.29, 1.82) is 0 Å². The van der Waals surface area contributed by atoms with Gasteiger partial charge in [-0.15, -0.1) is 0 Å². The van der Waals surface area contributed by atoms with Crippen molar-refractivity contribution in [2.45, 2.75) is 43.9 Å². The molecule has 0 amide bonds. The fourth-order valence-electron chi connectivity index (χ4n) is 4.05. The van der Waals surface area contributed by atoms with E-state index in [4.69, 9.17) is 23.3 Å². The number of benzene rings is 1. The van der Waals surface area contributed by atoms with Gasteiger partial charge in [-0.3, -0.25) is 23.7 Å². The Morgan fingerprint density at radius 1 is 1.32 bits per heavy atom. The lowest BCUT2D eigenvalue weighted by molar-refractivity contribution is -0.144. The molecule has 14 heteroatoms. The quantitative estimate of drug-likeness (QED) is 0.223. The van der Waals surface area contributed by atoms with Crippen molar-refractivity contribution in [1.82, 2.24) is 14.6 Å². The maximum absolute atomic E-state index is 13.8. The molecule has 1 unspecified atom stereocenters. The molecule has 1 saturated heterocycles. The third-order valence-electron chi connectivity index (χ3n) is 5.74. The van der Waals surface area contributed by atoms with Crippen LogP contribution in [0.25, 0.3) is 0 Å². The summed E-state index contributed by atoms with van der Waals surface area (Å²) in [6, 6.07) is 8.27. The minimum atomic E-state index is -4.24. The fourth-order valence-corrected chi connectivity index (χ4v) is 5.58. The Morgan fingerprint density at radius 2 is 2.08 bits per heavy atom. The summed E-state index contributed by atoms with van der Waals surface area (Å²) in [7, 11) is -4.24. The largest absolute Gasteiger partial charge is 0.465 e. The van der Waals surface area contributed by atoms with Crippen LogP contribution in [-0.2, 0) is 28.1 Å². The third-order valence-corrected chi connectivity index (χ3v) is 7.37. The monoisotopic (exact) mass is 537 g/mol. The predicted molar refractivity (Wildman–Crippen MR) is 129 cm³/mol. The summed E-state index contributed by atoms with van der Waals surface area (Å²) in [4.78, 5) is 38.1. The Labute approximate surface area is 211 Å². The Balaban J connectivity index is 1.61. The molecule has 3 N–H and O–H groups in total. The molecule has 0 bridgehead atoms. The first-order chi connectivity index (χ1) is 17.7.